The zero-order chi connectivity index (χ0) is 23.9. The third-order valence-corrected chi connectivity index (χ3v) is 7.03. The van der Waals surface area contributed by atoms with Crippen LogP contribution in [0.4, 0.5) is 5.13 Å². The molecule has 4 rings (SSSR count). The van der Waals surface area contributed by atoms with Crippen LogP contribution in [0.25, 0.3) is 5.76 Å². The fraction of sp³-hybridized carbons (Fsp3) is 0.130. The summed E-state index contributed by atoms with van der Waals surface area (Å²) in [4.78, 5) is 44.2. The predicted molar refractivity (Wildman–Crippen MR) is 129 cm³/mol. The smallest absolute Gasteiger partial charge is 0.350 e. The van der Waals surface area contributed by atoms with Crippen molar-refractivity contribution in [2.24, 2.45) is 0 Å². The lowest BCUT2D eigenvalue weighted by molar-refractivity contribution is -0.132. The largest absolute Gasteiger partial charge is 0.507 e. The van der Waals surface area contributed by atoms with E-state index < -0.39 is 23.7 Å². The molecule has 3 aromatic rings. The number of aromatic nitrogens is 1. The lowest BCUT2D eigenvalue weighted by atomic mass is 9.95. The highest BCUT2D eigenvalue weighted by Gasteiger charge is 2.48. The number of hydrogen-bond donors (Lipinski definition) is 1. The fourth-order valence-electron chi connectivity index (χ4n) is 3.52. The number of amides is 1. The quantitative estimate of drug-likeness (QED) is 0.207. The molecule has 0 spiro atoms. The molecule has 1 amide bonds. The van der Waals surface area contributed by atoms with Crippen LogP contribution >= 0.6 is 38.9 Å². The van der Waals surface area contributed by atoms with Gasteiger partial charge in [0.25, 0.3) is 5.78 Å². The van der Waals surface area contributed by atoms with Crippen LogP contribution in [0.1, 0.15) is 32.5 Å². The van der Waals surface area contributed by atoms with E-state index in [0.29, 0.717) is 21.8 Å². The average Bonchev–Trinajstić information content (AvgIpc) is 3.31. The van der Waals surface area contributed by atoms with Crippen LogP contribution in [0.2, 0.25) is 5.02 Å². The van der Waals surface area contributed by atoms with Gasteiger partial charge in [-0.3, -0.25) is 14.5 Å². The first-order chi connectivity index (χ1) is 15.7. The number of nitrogens with zero attached hydrogens (tertiary/aromatic N) is 2. The van der Waals surface area contributed by atoms with E-state index in [4.69, 9.17) is 16.3 Å². The van der Waals surface area contributed by atoms with Crippen LogP contribution in [0.3, 0.4) is 0 Å². The van der Waals surface area contributed by atoms with Gasteiger partial charge in [0.1, 0.15) is 10.6 Å². The number of benzene rings is 2. The number of thiazole rings is 1. The van der Waals surface area contributed by atoms with Gasteiger partial charge in [-0.25, -0.2) is 9.78 Å². The van der Waals surface area contributed by atoms with Gasteiger partial charge in [0.15, 0.2) is 5.13 Å². The summed E-state index contributed by atoms with van der Waals surface area (Å²) in [5, 5.41) is 11.7. The summed E-state index contributed by atoms with van der Waals surface area (Å²) >= 11 is 10.3. The van der Waals surface area contributed by atoms with Gasteiger partial charge < -0.3 is 9.84 Å². The minimum Gasteiger partial charge on any atom is -0.507 e. The molecule has 0 unspecified atom stereocenters. The number of esters is 1. The molecule has 2 aromatic carbocycles. The van der Waals surface area contributed by atoms with E-state index in [1.807, 2.05) is 0 Å². The molecule has 0 aliphatic carbocycles. The average molecular weight is 548 g/mol. The van der Waals surface area contributed by atoms with Gasteiger partial charge in [0.2, 0.25) is 0 Å². The van der Waals surface area contributed by atoms with E-state index in [0.717, 1.165) is 15.8 Å². The number of Topliss-reactive ketones (excluding diaryl/α,β-unsaturated/α-hetero) is 1. The molecule has 7 nitrogen and oxygen atoms in total. The first kappa shape index (κ1) is 23.2. The van der Waals surface area contributed by atoms with E-state index in [-0.39, 0.29) is 21.3 Å². The number of carbonyl (C=O) groups excluding carboxylic acids is 3. The summed E-state index contributed by atoms with van der Waals surface area (Å²) in [6.45, 7) is 1.62. The molecular weight excluding hydrogens is 532 g/mol. The summed E-state index contributed by atoms with van der Waals surface area (Å²) in [7, 11) is 1.25. The standard InChI is InChI=1S/C23H16BrClN2O5S/c1-11-20(22(31)32-2)33-23(26-11)27-17(12-3-7-14(24)8-4-12)16(19(29)21(27)30)18(28)13-5-9-15(25)10-6-13/h3-10,17,28H,1-2H3/b18-16+/t17-/m0/s1. The Morgan fingerprint density at radius 3 is 2.39 bits per heavy atom. The zero-order valence-corrected chi connectivity index (χ0v) is 20.5. The zero-order valence-electron chi connectivity index (χ0n) is 17.3. The summed E-state index contributed by atoms with van der Waals surface area (Å²) < 4.78 is 5.59. The Labute approximate surface area is 206 Å². The highest BCUT2D eigenvalue weighted by Crippen LogP contribution is 2.44. The minimum atomic E-state index is -0.954. The van der Waals surface area contributed by atoms with Crippen LogP contribution < -0.4 is 4.90 Å². The number of hydrogen-bond acceptors (Lipinski definition) is 7. The molecule has 1 N–H and O–H groups in total. The molecule has 168 valence electrons. The summed E-state index contributed by atoms with van der Waals surface area (Å²) in [6.07, 6.45) is 0. The molecule has 1 atom stereocenters. The Morgan fingerprint density at radius 2 is 1.79 bits per heavy atom. The molecule has 0 saturated carbocycles. The molecule has 1 aliphatic rings. The number of anilines is 1. The maximum absolute atomic E-state index is 13.2. The molecule has 1 fully saturated rings. The van der Waals surface area contributed by atoms with Crippen molar-refractivity contribution in [2.45, 2.75) is 13.0 Å². The van der Waals surface area contributed by atoms with Crippen molar-refractivity contribution in [3.8, 4) is 0 Å². The normalized spacial score (nSPS) is 17.5. The topological polar surface area (TPSA) is 96.8 Å². The van der Waals surface area contributed by atoms with Crippen molar-refractivity contribution in [2.75, 3.05) is 12.0 Å². The minimum absolute atomic E-state index is 0.0860. The van der Waals surface area contributed by atoms with E-state index in [1.165, 1.54) is 12.0 Å². The number of carbonyl (C=O) groups is 3. The van der Waals surface area contributed by atoms with Crippen molar-refractivity contribution in [3.63, 3.8) is 0 Å². The lowest BCUT2D eigenvalue weighted by Gasteiger charge is -2.23. The maximum Gasteiger partial charge on any atom is 0.350 e. The van der Waals surface area contributed by atoms with Gasteiger partial charge in [-0.15, -0.1) is 0 Å². The molecule has 33 heavy (non-hydrogen) atoms. The summed E-state index contributed by atoms with van der Waals surface area (Å²) in [5.41, 5.74) is 1.21. The SMILES string of the molecule is COC(=O)c1sc(N2C(=O)C(=O)/C(=C(/O)c3ccc(Cl)cc3)[C@@H]2c2ccc(Br)cc2)nc1C. The Balaban J connectivity index is 1.93. The van der Waals surface area contributed by atoms with Crippen LogP contribution in [0, 0.1) is 6.92 Å². The molecule has 1 aliphatic heterocycles. The van der Waals surface area contributed by atoms with Crippen molar-refractivity contribution in [3.05, 3.63) is 85.3 Å². The molecule has 0 radical (unpaired) electrons. The van der Waals surface area contributed by atoms with E-state index in [2.05, 4.69) is 20.9 Å². The molecule has 1 aromatic heterocycles. The van der Waals surface area contributed by atoms with Crippen LogP contribution in [0.5, 0.6) is 0 Å². The number of ketones is 1. The van der Waals surface area contributed by atoms with Crippen molar-refractivity contribution >= 4 is 67.4 Å². The third-order valence-electron chi connectivity index (χ3n) is 5.11. The number of aliphatic hydroxyl groups is 1. The molecular formula is C23H16BrClN2O5S. The Bertz CT molecular complexity index is 1300. The van der Waals surface area contributed by atoms with Gasteiger partial charge in [-0.05, 0) is 48.9 Å². The number of aliphatic hydroxyl groups excluding tert-OH is 1. The third kappa shape index (κ3) is 4.19. The first-order valence-electron chi connectivity index (χ1n) is 9.61. The monoisotopic (exact) mass is 546 g/mol. The number of methoxy groups -OCH3 is 1. The van der Waals surface area contributed by atoms with Crippen LogP contribution in [0.15, 0.2) is 58.6 Å². The fourth-order valence-corrected chi connectivity index (χ4v) is 4.92. The number of aryl methyl sites for hydroxylation is 1. The van der Waals surface area contributed by atoms with Gasteiger partial charge in [0, 0.05) is 15.1 Å². The molecule has 10 heteroatoms. The summed E-state index contributed by atoms with van der Waals surface area (Å²) in [5.74, 6) is -2.64. The molecule has 2 heterocycles. The van der Waals surface area contributed by atoms with Gasteiger partial charge in [-0.2, -0.15) is 0 Å². The van der Waals surface area contributed by atoms with Gasteiger partial charge >= 0.3 is 11.9 Å². The van der Waals surface area contributed by atoms with Gasteiger partial charge in [0.05, 0.1) is 24.4 Å². The molecule has 1 saturated heterocycles. The van der Waals surface area contributed by atoms with E-state index in [9.17, 15) is 19.5 Å². The Hall–Kier alpha value is -3.01. The van der Waals surface area contributed by atoms with Gasteiger partial charge in [-0.1, -0.05) is 51.0 Å². The highest BCUT2D eigenvalue weighted by atomic mass is 79.9. The van der Waals surface area contributed by atoms with E-state index >= 15 is 0 Å². The highest BCUT2D eigenvalue weighted by molar-refractivity contribution is 9.10. The Kier molecular flexibility index (Phi) is 6.38. The van der Waals surface area contributed by atoms with Crippen molar-refractivity contribution < 1.29 is 24.2 Å². The predicted octanol–water partition coefficient (Wildman–Crippen LogP) is 5.28. The second-order valence-electron chi connectivity index (χ2n) is 7.13. The number of halogens is 2. The van der Waals surface area contributed by atoms with Crippen LogP contribution in [-0.2, 0) is 14.3 Å². The second-order valence-corrected chi connectivity index (χ2v) is 9.46. The lowest BCUT2D eigenvalue weighted by Crippen LogP contribution is -2.29. The summed E-state index contributed by atoms with van der Waals surface area (Å²) in [6, 6.07) is 12.3. The van der Waals surface area contributed by atoms with E-state index in [1.54, 1.807) is 55.5 Å². The number of rotatable bonds is 4. The first-order valence-corrected chi connectivity index (χ1v) is 11.6. The van der Waals surface area contributed by atoms with Crippen molar-refractivity contribution in [1.82, 2.24) is 4.98 Å². The van der Waals surface area contributed by atoms with Crippen LogP contribution in [-0.4, -0.2) is 34.9 Å². The Morgan fingerprint density at radius 1 is 1.15 bits per heavy atom. The second kappa shape index (κ2) is 9.09. The van der Waals surface area contributed by atoms with Crippen molar-refractivity contribution in [1.29, 1.82) is 0 Å². The number of ether oxygens (including phenoxy) is 1. The maximum atomic E-state index is 13.2. The molecule has 0 bridgehead atoms.